The summed E-state index contributed by atoms with van der Waals surface area (Å²) in [4.78, 5) is 23.5. The highest BCUT2D eigenvalue weighted by Gasteiger charge is 2.12. The number of nitrogens with one attached hydrogen (secondary N) is 1. The van der Waals surface area contributed by atoms with Crippen molar-refractivity contribution in [1.29, 1.82) is 0 Å². The van der Waals surface area contributed by atoms with E-state index < -0.39 is 5.97 Å². The Labute approximate surface area is 157 Å². The summed E-state index contributed by atoms with van der Waals surface area (Å²) in [6.07, 6.45) is 3.01. The molecule has 0 atom stereocenters. The van der Waals surface area contributed by atoms with Crippen molar-refractivity contribution in [2.75, 3.05) is 33.8 Å². The normalized spacial score (nSPS) is 10.4. The SMILES string of the molecule is COC(=O)c1ccc(NC(=O)C=Cc2cc(OC)c(OC)c(OC)c2)cc1. The molecular weight excluding hydrogens is 350 g/mol. The van der Waals surface area contributed by atoms with Gasteiger partial charge in [0.05, 0.1) is 34.0 Å². The fourth-order valence-corrected chi connectivity index (χ4v) is 2.36. The number of anilines is 1. The third kappa shape index (κ3) is 5.01. The molecule has 0 heterocycles. The number of hydrogen-bond donors (Lipinski definition) is 1. The number of esters is 1. The Bertz CT molecular complexity index is 817. The summed E-state index contributed by atoms with van der Waals surface area (Å²) in [7, 11) is 5.88. The van der Waals surface area contributed by atoms with Crippen molar-refractivity contribution in [3.63, 3.8) is 0 Å². The fraction of sp³-hybridized carbons (Fsp3) is 0.200. The predicted molar refractivity (Wildman–Crippen MR) is 102 cm³/mol. The minimum absolute atomic E-state index is 0.324. The smallest absolute Gasteiger partial charge is 0.337 e. The molecule has 0 spiro atoms. The molecule has 2 aromatic rings. The van der Waals surface area contributed by atoms with E-state index in [1.54, 1.807) is 42.5 Å². The molecule has 2 aromatic carbocycles. The van der Waals surface area contributed by atoms with Gasteiger partial charge in [-0.15, -0.1) is 0 Å². The van der Waals surface area contributed by atoms with Crippen molar-refractivity contribution >= 4 is 23.6 Å². The molecule has 0 radical (unpaired) electrons. The lowest BCUT2D eigenvalue weighted by molar-refractivity contribution is -0.111. The third-order valence-corrected chi connectivity index (χ3v) is 3.69. The van der Waals surface area contributed by atoms with Crippen LogP contribution in [0.1, 0.15) is 15.9 Å². The van der Waals surface area contributed by atoms with Crippen molar-refractivity contribution in [2.24, 2.45) is 0 Å². The van der Waals surface area contributed by atoms with Crippen LogP contribution in [0.25, 0.3) is 6.08 Å². The molecular formula is C20H21NO6. The third-order valence-electron chi connectivity index (χ3n) is 3.69. The van der Waals surface area contributed by atoms with Gasteiger partial charge in [-0.25, -0.2) is 4.79 Å². The van der Waals surface area contributed by atoms with Gasteiger partial charge >= 0.3 is 5.97 Å². The number of amides is 1. The number of ether oxygens (including phenoxy) is 4. The molecule has 27 heavy (non-hydrogen) atoms. The molecule has 142 valence electrons. The first-order valence-electron chi connectivity index (χ1n) is 7.99. The first kappa shape index (κ1) is 19.8. The molecule has 0 saturated heterocycles. The van der Waals surface area contributed by atoms with Crippen molar-refractivity contribution in [3.8, 4) is 17.2 Å². The quantitative estimate of drug-likeness (QED) is 0.595. The lowest BCUT2D eigenvalue weighted by atomic mass is 10.1. The topological polar surface area (TPSA) is 83.1 Å². The molecule has 0 aliphatic heterocycles. The van der Waals surface area contributed by atoms with E-state index in [9.17, 15) is 9.59 Å². The van der Waals surface area contributed by atoms with Crippen LogP contribution in [-0.2, 0) is 9.53 Å². The number of carbonyl (C=O) groups excluding carboxylic acids is 2. The first-order chi connectivity index (χ1) is 13.0. The number of methoxy groups -OCH3 is 4. The predicted octanol–water partition coefficient (Wildman–Crippen LogP) is 3.15. The minimum atomic E-state index is -0.435. The number of carbonyl (C=O) groups is 2. The van der Waals surface area contributed by atoms with Crippen LogP contribution in [0.4, 0.5) is 5.69 Å². The Morgan fingerprint density at radius 3 is 1.96 bits per heavy atom. The highest BCUT2D eigenvalue weighted by molar-refractivity contribution is 6.02. The van der Waals surface area contributed by atoms with Crippen LogP contribution in [0.2, 0.25) is 0 Å². The average Bonchev–Trinajstić information content (AvgIpc) is 2.71. The van der Waals surface area contributed by atoms with Crippen LogP contribution >= 0.6 is 0 Å². The summed E-state index contributed by atoms with van der Waals surface area (Å²) in [5.74, 6) is 0.711. The zero-order valence-corrected chi connectivity index (χ0v) is 15.6. The van der Waals surface area contributed by atoms with Crippen molar-refractivity contribution in [2.45, 2.75) is 0 Å². The van der Waals surface area contributed by atoms with Gasteiger partial charge in [0.25, 0.3) is 0 Å². The van der Waals surface area contributed by atoms with Crippen LogP contribution < -0.4 is 19.5 Å². The van der Waals surface area contributed by atoms with Gasteiger partial charge in [-0.3, -0.25) is 4.79 Å². The van der Waals surface area contributed by atoms with Crippen LogP contribution in [-0.4, -0.2) is 40.3 Å². The molecule has 0 saturated carbocycles. The van der Waals surface area contributed by atoms with E-state index in [-0.39, 0.29) is 5.91 Å². The van der Waals surface area contributed by atoms with E-state index in [1.165, 1.54) is 34.5 Å². The molecule has 0 aromatic heterocycles. The molecule has 0 aliphatic rings. The maximum Gasteiger partial charge on any atom is 0.337 e. The molecule has 0 fully saturated rings. The van der Waals surface area contributed by atoms with Gasteiger partial charge in [0.15, 0.2) is 11.5 Å². The number of rotatable bonds is 7. The molecule has 0 aliphatic carbocycles. The highest BCUT2D eigenvalue weighted by atomic mass is 16.5. The summed E-state index contributed by atoms with van der Waals surface area (Å²) in [5, 5.41) is 2.71. The molecule has 1 N–H and O–H groups in total. The Kier molecular flexibility index (Phi) is 6.82. The summed E-state index contributed by atoms with van der Waals surface area (Å²) in [6, 6.07) is 9.86. The Hall–Kier alpha value is -3.48. The lowest BCUT2D eigenvalue weighted by Crippen LogP contribution is -2.08. The Balaban J connectivity index is 2.11. The second kappa shape index (κ2) is 9.28. The summed E-state index contributed by atoms with van der Waals surface area (Å²) >= 11 is 0. The molecule has 0 bridgehead atoms. The zero-order valence-electron chi connectivity index (χ0n) is 15.6. The molecule has 0 unspecified atom stereocenters. The van der Waals surface area contributed by atoms with Gasteiger partial charge < -0.3 is 24.3 Å². The molecule has 7 nitrogen and oxygen atoms in total. The van der Waals surface area contributed by atoms with Gasteiger partial charge in [0.2, 0.25) is 11.7 Å². The molecule has 7 heteroatoms. The Morgan fingerprint density at radius 2 is 1.48 bits per heavy atom. The maximum absolute atomic E-state index is 12.1. The summed E-state index contributed by atoms with van der Waals surface area (Å²) in [6.45, 7) is 0. The largest absolute Gasteiger partial charge is 0.493 e. The fourth-order valence-electron chi connectivity index (χ4n) is 2.36. The number of hydrogen-bond acceptors (Lipinski definition) is 6. The standard InChI is InChI=1S/C20H21NO6/c1-24-16-11-13(12-17(25-2)19(16)26-3)5-10-18(22)21-15-8-6-14(7-9-15)20(23)27-4/h5-12H,1-4H3,(H,21,22). The summed E-state index contributed by atoms with van der Waals surface area (Å²) < 4.78 is 20.5. The van der Waals surface area contributed by atoms with Gasteiger partial charge in [-0.05, 0) is 48.0 Å². The first-order valence-corrected chi connectivity index (χ1v) is 7.99. The van der Waals surface area contributed by atoms with Crippen LogP contribution in [0.15, 0.2) is 42.5 Å². The van der Waals surface area contributed by atoms with E-state index >= 15 is 0 Å². The van der Waals surface area contributed by atoms with Crippen molar-refractivity contribution in [1.82, 2.24) is 0 Å². The highest BCUT2D eigenvalue weighted by Crippen LogP contribution is 2.38. The second-order valence-corrected chi connectivity index (χ2v) is 5.35. The van der Waals surface area contributed by atoms with Gasteiger partial charge in [-0.2, -0.15) is 0 Å². The second-order valence-electron chi connectivity index (χ2n) is 5.35. The monoisotopic (exact) mass is 371 g/mol. The minimum Gasteiger partial charge on any atom is -0.493 e. The van der Waals surface area contributed by atoms with Gasteiger partial charge in [0.1, 0.15) is 0 Å². The van der Waals surface area contributed by atoms with Crippen LogP contribution in [0, 0.1) is 0 Å². The number of benzene rings is 2. The maximum atomic E-state index is 12.1. The average molecular weight is 371 g/mol. The van der Waals surface area contributed by atoms with Gasteiger partial charge in [-0.1, -0.05) is 0 Å². The lowest BCUT2D eigenvalue weighted by Gasteiger charge is -2.12. The van der Waals surface area contributed by atoms with Crippen LogP contribution in [0.3, 0.4) is 0 Å². The van der Waals surface area contributed by atoms with Crippen molar-refractivity contribution < 1.29 is 28.5 Å². The van der Waals surface area contributed by atoms with E-state index in [2.05, 4.69) is 10.1 Å². The van der Waals surface area contributed by atoms with Crippen LogP contribution in [0.5, 0.6) is 17.2 Å². The zero-order chi connectivity index (χ0) is 19.8. The van der Waals surface area contributed by atoms with E-state index in [0.29, 0.717) is 34.1 Å². The van der Waals surface area contributed by atoms with E-state index in [0.717, 1.165) is 0 Å². The van der Waals surface area contributed by atoms with E-state index in [1.807, 2.05) is 0 Å². The molecule has 2 rings (SSSR count). The van der Waals surface area contributed by atoms with Gasteiger partial charge in [0, 0.05) is 11.8 Å². The Morgan fingerprint density at radius 1 is 0.889 bits per heavy atom. The van der Waals surface area contributed by atoms with E-state index in [4.69, 9.17) is 14.2 Å². The molecule has 1 amide bonds. The summed E-state index contributed by atoms with van der Waals surface area (Å²) in [5.41, 5.74) is 1.67. The van der Waals surface area contributed by atoms with Crippen molar-refractivity contribution in [3.05, 3.63) is 53.6 Å².